The van der Waals surface area contributed by atoms with Gasteiger partial charge in [-0.2, -0.15) is 15.1 Å². The monoisotopic (exact) mass is 246 g/mol. The number of hydrogen-bond donors (Lipinski definition) is 2. The van der Waals surface area contributed by atoms with Crippen LogP contribution in [-0.4, -0.2) is 45.5 Å². The Balaban J connectivity index is 1.79. The Hall–Kier alpha value is -1.89. The zero-order valence-corrected chi connectivity index (χ0v) is 9.83. The van der Waals surface area contributed by atoms with Gasteiger partial charge in [0.25, 0.3) is 0 Å². The summed E-state index contributed by atoms with van der Waals surface area (Å²) in [6, 6.07) is 0. The second-order valence-electron chi connectivity index (χ2n) is 4.90. The zero-order valence-electron chi connectivity index (χ0n) is 9.83. The molecule has 7 heteroatoms. The van der Waals surface area contributed by atoms with Gasteiger partial charge in [0, 0.05) is 13.1 Å². The van der Waals surface area contributed by atoms with E-state index >= 15 is 0 Å². The quantitative estimate of drug-likeness (QED) is 0.752. The standard InChI is InChI=1S/C11H14N6O/c12-11-14-9-8(3-13-16-9)10(15-11)17-4-6-1-2-7(5-17)18-6/h3,6-7H,1-2,4-5H2,(H3,12,13,14,15,16). The van der Waals surface area contributed by atoms with E-state index in [1.165, 1.54) is 0 Å². The number of nitrogens with one attached hydrogen (secondary N) is 1. The first kappa shape index (κ1) is 10.1. The molecule has 3 N–H and O–H groups in total. The Bertz CT molecular complexity index is 584. The number of hydrogen-bond acceptors (Lipinski definition) is 6. The summed E-state index contributed by atoms with van der Waals surface area (Å²) in [5.74, 6) is 1.15. The summed E-state index contributed by atoms with van der Waals surface area (Å²) < 4.78 is 5.83. The maximum atomic E-state index is 5.83. The molecule has 2 saturated heterocycles. The third kappa shape index (κ3) is 1.43. The normalized spacial score (nSPS) is 27.0. The van der Waals surface area contributed by atoms with Crippen molar-refractivity contribution in [3.63, 3.8) is 0 Å². The third-order valence-electron chi connectivity index (χ3n) is 3.65. The highest BCUT2D eigenvalue weighted by Crippen LogP contribution is 2.31. The summed E-state index contributed by atoms with van der Waals surface area (Å²) in [5.41, 5.74) is 6.44. The molecule has 2 bridgehead atoms. The maximum Gasteiger partial charge on any atom is 0.224 e. The summed E-state index contributed by atoms with van der Waals surface area (Å²) in [4.78, 5) is 10.7. The van der Waals surface area contributed by atoms with Gasteiger partial charge in [0.2, 0.25) is 5.95 Å². The van der Waals surface area contributed by atoms with Gasteiger partial charge in [0.1, 0.15) is 5.82 Å². The highest BCUT2D eigenvalue weighted by Gasteiger charge is 2.35. The van der Waals surface area contributed by atoms with Gasteiger partial charge in [-0.15, -0.1) is 0 Å². The fourth-order valence-electron chi connectivity index (χ4n) is 2.87. The van der Waals surface area contributed by atoms with Crippen LogP contribution in [0.4, 0.5) is 11.8 Å². The van der Waals surface area contributed by atoms with Gasteiger partial charge in [-0.3, -0.25) is 5.10 Å². The van der Waals surface area contributed by atoms with E-state index in [1.54, 1.807) is 6.20 Å². The molecule has 94 valence electrons. The predicted octanol–water partition coefficient (Wildman–Crippen LogP) is 0.303. The van der Waals surface area contributed by atoms with Gasteiger partial charge in [0.05, 0.1) is 23.8 Å². The molecule has 2 aliphatic heterocycles. The molecular formula is C11H14N6O. The van der Waals surface area contributed by atoms with Gasteiger partial charge in [-0.25, -0.2) is 0 Å². The van der Waals surface area contributed by atoms with Gasteiger partial charge < -0.3 is 15.4 Å². The molecule has 2 aliphatic rings. The third-order valence-corrected chi connectivity index (χ3v) is 3.65. The first-order chi connectivity index (χ1) is 8.79. The van der Waals surface area contributed by atoms with Crippen molar-refractivity contribution in [3.8, 4) is 0 Å². The molecule has 0 radical (unpaired) electrons. The van der Waals surface area contributed by atoms with E-state index in [-0.39, 0.29) is 5.95 Å². The number of H-pyrrole nitrogens is 1. The van der Waals surface area contributed by atoms with Crippen LogP contribution in [0.1, 0.15) is 12.8 Å². The van der Waals surface area contributed by atoms with Crippen molar-refractivity contribution < 1.29 is 4.74 Å². The Labute approximate surface area is 103 Å². The van der Waals surface area contributed by atoms with Gasteiger partial charge in [0.15, 0.2) is 5.65 Å². The van der Waals surface area contributed by atoms with E-state index in [2.05, 4.69) is 25.1 Å². The molecule has 0 spiro atoms. The van der Waals surface area contributed by atoms with E-state index < -0.39 is 0 Å². The fraction of sp³-hybridized carbons (Fsp3) is 0.545. The summed E-state index contributed by atoms with van der Waals surface area (Å²) in [6.45, 7) is 1.74. The van der Waals surface area contributed by atoms with Crippen LogP contribution in [0.5, 0.6) is 0 Å². The number of aromatic nitrogens is 4. The number of ether oxygens (including phenoxy) is 1. The Morgan fingerprint density at radius 3 is 2.83 bits per heavy atom. The molecule has 2 atom stereocenters. The highest BCUT2D eigenvalue weighted by atomic mass is 16.5. The molecule has 0 amide bonds. The number of nitrogen functional groups attached to an aromatic ring is 1. The Kier molecular flexibility index (Phi) is 1.99. The van der Waals surface area contributed by atoms with Crippen molar-refractivity contribution in [2.75, 3.05) is 23.7 Å². The molecule has 2 fully saturated rings. The first-order valence-corrected chi connectivity index (χ1v) is 6.16. The topological polar surface area (TPSA) is 93.0 Å². The Morgan fingerprint density at radius 2 is 2.06 bits per heavy atom. The van der Waals surface area contributed by atoms with Crippen LogP contribution in [0.15, 0.2) is 6.20 Å². The van der Waals surface area contributed by atoms with Gasteiger partial charge in [-0.1, -0.05) is 0 Å². The van der Waals surface area contributed by atoms with Crippen LogP contribution in [0.3, 0.4) is 0 Å². The molecule has 4 heterocycles. The van der Waals surface area contributed by atoms with Crippen molar-refractivity contribution in [1.29, 1.82) is 0 Å². The molecule has 18 heavy (non-hydrogen) atoms. The molecule has 0 saturated carbocycles. The van der Waals surface area contributed by atoms with E-state index in [9.17, 15) is 0 Å². The van der Waals surface area contributed by atoms with Crippen molar-refractivity contribution in [2.24, 2.45) is 0 Å². The Morgan fingerprint density at radius 1 is 1.28 bits per heavy atom. The van der Waals surface area contributed by atoms with Crippen molar-refractivity contribution in [2.45, 2.75) is 25.0 Å². The summed E-state index contributed by atoms with van der Waals surface area (Å²) in [5, 5.41) is 7.77. The van der Waals surface area contributed by atoms with E-state index in [0.29, 0.717) is 17.9 Å². The summed E-state index contributed by atoms with van der Waals surface area (Å²) in [7, 11) is 0. The van der Waals surface area contributed by atoms with Crippen molar-refractivity contribution >= 4 is 22.8 Å². The van der Waals surface area contributed by atoms with Gasteiger partial charge >= 0.3 is 0 Å². The minimum absolute atomic E-state index is 0.278. The number of aromatic amines is 1. The summed E-state index contributed by atoms with van der Waals surface area (Å²) >= 11 is 0. The number of rotatable bonds is 1. The molecule has 2 unspecified atom stereocenters. The van der Waals surface area contributed by atoms with Crippen molar-refractivity contribution in [3.05, 3.63) is 6.20 Å². The largest absolute Gasteiger partial charge is 0.371 e. The first-order valence-electron chi connectivity index (χ1n) is 6.16. The highest BCUT2D eigenvalue weighted by molar-refractivity contribution is 5.87. The minimum atomic E-state index is 0.278. The lowest BCUT2D eigenvalue weighted by molar-refractivity contribution is 0.0303. The molecule has 0 aliphatic carbocycles. The van der Waals surface area contributed by atoms with E-state index in [0.717, 1.165) is 37.1 Å². The van der Waals surface area contributed by atoms with E-state index in [1.807, 2.05) is 0 Å². The molecule has 4 rings (SSSR count). The second kappa shape index (κ2) is 3.55. The average molecular weight is 246 g/mol. The molecule has 0 aromatic carbocycles. The number of nitrogens with zero attached hydrogens (tertiary/aromatic N) is 4. The van der Waals surface area contributed by atoms with Gasteiger partial charge in [-0.05, 0) is 12.8 Å². The number of nitrogens with two attached hydrogens (primary N) is 1. The van der Waals surface area contributed by atoms with Crippen LogP contribution < -0.4 is 10.6 Å². The SMILES string of the molecule is Nc1nc(N2CC3CCC(C2)O3)c2cn[nH]c2n1. The predicted molar refractivity (Wildman–Crippen MR) is 66.2 cm³/mol. The molecule has 2 aromatic rings. The lowest BCUT2D eigenvalue weighted by Crippen LogP contribution is -2.43. The van der Waals surface area contributed by atoms with Crippen LogP contribution >= 0.6 is 0 Å². The van der Waals surface area contributed by atoms with Crippen LogP contribution in [0.2, 0.25) is 0 Å². The number of fused-ring (bicyclic) bond motifs is 3. The molecule has 7 nitrogen and oxygen atoms in total. The minimum Gasteiger partial charge on any atom is -0.371 e. The zero-order chi connectivity index (χ0) is 12.1. The van der Waals surface area contributed by atoms with Crippen LogP contribution in [-0.2, 0) is 4.74 Å². The number of morpholine rings is 1. The number of anilines is 2. The van der Waals surface area contributed by atoms with E-state index in [4.69, 9.17) is 10.5 Å². The van der Waals surface area contributed by atoms with Crippen LogP contribution in [0.25, 0.3) is 11.0 Å². The molecule has 2 aromatic heterocycles. The smallest absolute Gasteiger partial charge is 0.224 e. The fourth-order valence-corrected chi connectivity index (χ4v) is 2.87. The second-order valence-corrected chi connectivity index (χ2v) is 4.90. The van der Waals surface area contributed by atoms with Crippen LogP contribution in [0, 0.1) is 0 Å². The lowest BCUT2D eigenvalue weighted by atomic mass is 10.2. The average Bonchev–Trinajstić information content (AvgIpc) is 2.94. The van der Waals surface area contributed by atoms with Crippen molar-refractivity contribution in [1.82, 2.24) is 20.2 Å². The molecular weight excluding hydrogens is 232 g/mol. The summed E-state index contributed by atoms with van der Waals surface area (Å²) in [6.07, 6.45) is 4.66. The lowest BCUT2D eigenvalue weighted by Gasteiger charge is -2.33. The maximum absolute atomic E-state index is 5.83.